The van der Waals surface area contributed by atoms with E-state index in [0.717, 1.165) is 0 Å². The van der Waals surface area contributed by atoms with Gasteiger partial charge in [-0.25, -0.2) is 0 Å². The highest BCUT2D eigenvalue weighted by Crippen LogP contribution is 2.01. The molecule has 5 N–H and O–H groups in total. The van der Waals surface area contributed by atoms with E-state index < -0.39 is 19.1 Å². The average Bonchev–Trinajstić information content (AvgIpc) is 2.11. The Balaban J connectivity index is 4.01. The zero-order valence-electron chi connectivity index (χ0n) is 8.46. The summed E-state index contributed by atoms with van der Waals surface area (Å²) in [5.74, 6) is -0.932. The first-order chi connectivity index (χ1) is 6.84. The SMILES string of the molecule is CN(CB(O)O)C(=S)C(N)CCC(=O)O. The lowest BCUT2D eigenvalue weighted by Gasteiger charge is -2.23. The topological polar surface area (TPSA) is 107 Å². The number of aliphatic carboxylic acids is 1. The number of thiocarbonyl (C=S) groups is 1. The first-order valence-corrected chi connectivity index (χ1v) is 4.84. The van der Waals surface area contributed by atoms with Crippen molar-refractivity contribution in [2.75, 3.05) is 13.5 Å². The van der Waals surface area contributed by atoms with Crippen LogP contribution < -0.4 is 5.73 Å². The highest BCUT2D eigenvalue weighted by molar-refractivity contribution is 7.80. The van der Waals surface area contributed by atoms with Crippen LogP contribution >= 0.6 is 12.2 Å². The number of hydrogen-bond acceptors (Lipinski definition) is 5. The van der Waals surface area contributed by atoms with Crippen LogP contribution in [0.25, 0.3) is 0 Å². The van der Waals surface area contributed by atoms with Gasteiger partial charge in [0.25, 0.3) is 0 Å². The molecule has 0 aromatic rings. The monoisotopic (exact) mass is 234 g/mol. The van der Waals surface area contributed by atoms with Gasteiger partial charge in [0.2, 0.25) is 0 Å². The number of carboxylic acid groups (broad SMARTS) is 1. The van der Waals surface area contributed by atoms with E-state index in [9.17, 15) is 4.79 Å². The third-order valence-corrected chi connectivity index (χ3v) is 2.41. The van der Waals surface area contributed by atoms with Gasteiger partial charge in [-0.3, -0.25) is 4.79 Å². The molecule has 8 heteroatoms. The average molecular weight is 234 g/mol. The maximum atomic E-state index is 10.3. The number of hydrogen-bond donors (Lipinski definition) is 4. The minimum atomic E-state index is -1.49. The number of carboxylic acids is 1. The molecule has 0 amide bonds. The fourth-order valence-corrected chi connectivity index (χ4v) is 1.21. The molecule has 0 rings (SSSR count). The molecule has 0 fully saturated rings. The lowest BCUT2D eigenvalue weighted by Crippen LogP contribution is -2.44. The van der Waals surface area contributed by atoms with E-state index in [-0.39, 0.29) is 19.3 Å². The zero-order valence-corrected chi connectivity index (χ0v) is 9.28. The summed E-state index contributed by atoms with van der Waals surface area (Å²) in [6.07, 6.45) is 0.135. The number of nitrogens with zero attached hydrogens (tertiary/aromatic N) is 1. The number of nitrogens with two attached hydrogens (primary N) is 1. The van der Waals surface area contributed by atoms with Crippen molar-refractivity contribution in [1.29, 1.82) is 0 Å². The lowest BCUT2D eigenvalue weighted by atomic mass is 9.91. The Morgan fingerprint density at radius 1 is 1.60 bits per heavy atom. The molecule has 0 aliphatic carbocycles. The summed E-state index contributed by atoms with van der Waals surface area (Å²) in [4.78, 5) is 12.0. The van der Waals surface area contributed by atoms with Gasteiger partial charge in [0, 0.05) is 13.5 Å². The molecule has 6 nitrogen and oxygen atoms in total. The Hall–Kier alpha value is -0.695. The molecule has 0 spiro atoms. The second-order valence-electron chi connectivity index (χ2n) is 3.24. The van der Waals surface area contributed by atoms with Crippen LogP contribution in [0.1, 0.15) is 12.8 Å². The van der Waals surface area contributed by atoms with Crippen molar-refractivity contribution in [1.82, 2.24) is 4.90 Å². The van der Waals surface area contributed by atoms with Gasteiger partial charge >= 0.3 is 13.1 Å². The van der Waals surface area contributed by atoms with Crippen LogP contribution in [0.2, 0.25) is 0 Å². The first-order valence-electron chi connectivity index (χ1n) is 4.43. The van der Waals surface area contributed by atoms with Crippen molar-refractivity contribution in [3.63, 3.8) is 0 Å². The van der Waals surface area contributed by atoms with Crippen LogP contribution in [0.3, 0.4) is 0 Å². The molecule has 15 heavy (non-hydrogen) atoms. The standard InChI is InChI=1S/C7H15BN2O4S/c1-10(4-8(13)14)7(15)5(9)2-3-6(11)12/h5,13-14H,2-4,9H2,1H3,(H,11,12). The fraction of sp³-hybridized carbons (Fsp3) is 0.714. The van der Waals surface area contributed by atoms with Crippen molar-refractivity contribution in [3.05, 3.63) is 0 Å². The van der Waals surface area contributed by atoms with Crippen LogP contribution in [0, 0.1) is 0 Å². The van der Waals surface area contributed by atoms with Crippen molar-refractivity contribution < 1.29 is 19.9 Å². The third-order valence-electron chi connectivity index (χ3n) is 1.80. The van der Waals surface area contributed by atoms with E-state index in [1.54, 1.807) is 7.05 Å². The molecule has 0 heterocycles. The highest BCUT2D eigenvalue weighted by Gasteiger charge is 2.18. The number of likely N-dealkylation sites (N-methyl/N-ethyl adjacent to an activating group) is 1. The van der Waals surface area contributed by atoms with Crippen molar-refractivity contribution in [2.24, 2.45) is 5.73 Å². The summed E-state index contributed by atoms with van der Waals surface area (Å²) in [5.41, 5.74) is 5.63. The van der Waals surface area contributed by atoms with E-state index in [1.807, 2.05) is 0 Å². The lowest BCUT2D eigenvalue weighted by molar-refractivity contribution is -0.137. The molecule has 86 valence electrons. The van der Waals surface area contributed by atoms with Crippen LogP contribution in [0.5, 0.6) is 0 Å². The summed E-state index contributed by atoms with van der Waals surface area (Å²) in [5, 5.41) is 25.8. The Bertz CT molecular complexity index is 239. The molecule has 0 aliphatic heterocycles. The van der Waals surface area contributed by atoms with Crippen molar-refractivity contribution in [2.45, 2.75) is 18.9 Å². The van der Waals surface area contributed by atoms with E-state index in [2.05, 4.69) is 0 Å². The van der Waals surface area contributed by atoms with Crippen LogP contribution in [-0.2, 0) is 4.79 Å². The number of carbonyl (C=O) groups is 1. The van der Waals surface area contributed by atoms with Crippen molar-refractivity contribution >= 4 is 30.3 Å². The molecule has 0 aliphatic rings. The Morgan fingerprint density at radius 2 is 2.13 bits per heavy atom. The Morgan fingerprint density at radius 3 is 2.53 bits per heavy atom. The van der Waals surface area contributed by atoms with Crippen LogP contribution in [0.15, 0.2) is 0 Å². The molecule has 0 saturated carbocycles. The van der Waals surface area contributed by atoms with E-state index >= 15 is 0 Å². The van der Waals surface area contributed by atoms with Gasteiger partial charge < -0.3 is 25.8 Å². The second kappa shape index (κ2) is 6.73. The molecular weight excluding hydrogens is 219 g/mol. The summed E-state index contributed by atoms with van der Waals surface area (Å²) in [6.45, 7) is 0. The number of rotatable bonds is 6. The van der Waals surface area contributed by atoms with Gasteiger partial charge in [-0.2, -0.15) is 0 Å². The van der Waals surface area contributed by atoms with Crippen LogP contribution in [-0.4, -0.2) is 57.7 Å². The third kappa shape index (κ3) is 6.40. The van der Waals surface area contributed by atoms with Gasteiger partial charge in [0.05, 0.1) is 17.5 Å². The Kier molecular flexibility index (Phi) is 6.42. The minimum absolute atomic E-state index is 0.0421. The summed E-state index contributed by atoms with van der Waals surface area (Å²) in [7, 11) is 0.0854. The summed E-state index contributed by atoms with van der Waals surface area (Å²) < 4.78 is 0. The van der Waals surface area contributed by atoms with Gasteiger partial charge in [-0.1, -0.05) is 12.2 Å². The maximum Gasteiger partial charge on any atom is 0.472 e. The smallest absolute Gasteiger partial charge is 0.472 e. The molecule has 0 radical (unpaired) electrons. The fourth-order valence-electron chi connectivity index (χ4n) is 1.02. The molecule has 1 atom stereocenters. The van der Waals surface area contributed by atoms with Gasteiger partial charge in [0.15, 0.2) is 0 Å². The molecule has 0 bridgehead atoms. The van der Waals surface area contributed by atoms with Crippen LogP contribution in [0.4, 0.5) is 0 Å². The van der Waals surface area contributed by atoms with Gasteiger partial charge in [-0.05, 0) is 6.42 Å². The van der Waals surface area contributed by atoms with E-state index in [0.29, 0.717) is 4.99 Å². The maximum absolute atomic E-state index is 10.3. The summed E-state index contributed by atoms with van der Waals surface area (Å²) >= 11 is 4.96. The first kappa shape index (κ1) is 14.3. The van der Waals surface area contributed by atoms with E-state index in [1.165, 1.54) is 4.90 Å². The highest BCUT2D eigenvalue weighted by atomic mass is 32.1. The quantitative estimate of drug-likeness (QED) is 0.325. The molecule has 0 aromatic carbocycles. The zero-order chi connectivity index (χ0) is 12.0. The van der Waals surface area contributed by atoms with Gasteiger partial charge in [-0.15, -0.1) is 0 Å². The second-order valence-corrected chi connectivity index (χ2v) is 3.66. The molecule has 0 aromatic heterocycles. The Labute approximate surface area is 93.8 Å². The predicted molar refractivity (Wildman–Crippen MR) is 60.3 cm³/mol. The molecular formula is C7H15BN2O4S. The minimum Gasteiger partial charge on any atom is -0.481 e. The normalized spacial score (nSPS) is 12.0. The van der Waals surface area contributed by atoms with Gasteiger partial charge in [0.1, 0.15) is 0 Å². The molecule has 1 unspecified atom stereocenters. The van der Waals surface area contributed by atoms with E-state index in [4.69, 9.17) is 33.1 Å². The summed E-state index contributed by atoms with van der Waals surface area (Å²) in [6, 6.07) is -0.556. The van der Waals surface area contributed by atoms with Crippen molar-refractivity contribution in [3.8, 4) is 0 Å². The molecule has 0 saturated heterocycles. The predicted octanol–water partition coefficient (Wildman–Crippen LogP) is -1.55. The largest absolute Gasteiger partial charge is 0.481 e.